The number of nitrogens with one attached hydrogen (secondary N) is 2. The van der Waals surface area contributed by atoms with Crippen molar-refractivity contribution in [2.24, 2.45) is 0 Å². The Bertz CT molecular complexity index is 772. The molecule has 1 aromatic heterocycles. The van der Waals surface area contributed by atoms with E-state index >= 15 is 0 Å². The molecule has 0 spiro atoms. The van der Waals surface area contributed by atoms with Crippen LogP contribution in [0.3, 0.4) is 0 Å². The number of ether oxygens (including phenoxy) is 1. The molecule has 8 nitrogen and oxygen atoms in total. The maximum atomic E-state index is 12.1. The van der Waals surface area contributed by atoms with Gasteiger partial charge >= 0.3 is 0 Å². The predicted molar refractivity (Wildman–Crippen MR) is 106 cm³/mol. The number of benzene rings is 1. The third-order valence-corrected chi connectivity index (χ3v) is 4.95. The lowest BCUT2D eigenvalue weighted by molar-refractivity contribution is -0.123. The van der Waals surface area contributed by atoms with Crippen molar-refractivity contribution in [2.75, 3.05) is 32.8 Å². The highest BCUT2D eigenvalue weighted by molar-refractivity contribution is 5.85. The van der Waals surface area contributed by atoms with Crippen LogP contribution in [0.15, 0.2) is 28.8 Å². The van der Waals surface area contributed by atoms with E-state index in [0.29, 0.717) is 11.7 Å². The largest absolute Gasteiger partial charge is 0.379 e. The lowest BCUT2D eigenvalue weighted by Gasteiger charge is -2.26. The van der Waals surface area contributed by atoms with Gasteiger partial charge in [-0.15, -0.1) is 12.4 Å². The first-order valence-corrected chi connectivity index (χ1v) is 9.51. The molecule has 2 saturated heterocycles. The van der Waals surface area contributed by atoms with Crippen LogP contribution in [0.1, 0.15) is 24.3 Å². The van der Waals surface area contributed by atoms with Crippen LogP contribution in [0, 0.1) is 0 Å². The number of carbonyl (C=O) groups excluding carboxylic acids is 1. The predicted octanol–water partition coefficient (Wildman–Crippen LogP) is 1.36. The Morgan fingerprint density at radius 2 is 2.18 bits per heavy atom. The van der Waals surface area contributed by atoms with Crippen LogP contribution in [0.5, 0.6) is 0 Å². The van der Waals surface area contributed by atoms with Gasteiger partial charge in [0.1, 0.15) is 0 Å². The van der Waals surface area contributed by atoms with Crippen LogP contribution in [0.2, 0.25) is 0 Å². The van der Waals surface area contributed by atoms with Crippen molar-refractivity contribution >= 4 is 18.3 Å². The van der Waals surface area contributed by atoms with Gasteiger partial charge in [-0.05, 0) is 31.0 Å². The SMILES string of the molecule is Cl.O=C(NCc1nc(-c2cccc(CN3CCOCC3)c2)no1)C1CCCN1. The van der Waals surface area contributed by atoms with Gasteiger partial charge in [0.15, 0.2) is 0 Å². The van der Waals surface area contributed by atoms with Crippen molar-refractivity contribution in [1.29, 1.82) is 0 Å². The van der Waals surface area contributed by atoms with Crippen LogP contribution in [0.25, 0.3) is 11.4 Å². The minimum absolute atomic E-state index is 0. The highest BCUT2D eigenvalue weighted by Gasteiger charge is 2.22. The summed E-state index contributed by atoms with van der Waals surface area (Å²) in [6, 6.07) is 8.07. The average Bonchev–Trinajstić information content (AvgIpc) is 3.39. The average molecular weight is 408 g/mol. The molecule has 0 saturated carbocycles. The Balaban J connectivity index is 0.00000225. The smallest absolute Gasteiger partial charge is 0.246 e. The first kappa shape index (κ1) is 20.7. The van der Waals surface area contributed by atoms with Crippen LogP contribution in [0.4, 0.5) is 0 Å². The van der Waals surface area contributed by atoms with E-state index in [1.165, 1.54) is 5.56 Å². The molecule has 1 amide bonds. The Morgan fingerprint density at radius 3 is 2.96 bits per heavy atom. The normalized spacial score (nSPS) is 19.9. The second kappa shape index (κ2) is 9.97. The highest BCUT2D eigenvalue weighted by atomic mass is 35.5. The van der Waals surface area contributed by atoms with Gasteiger partial charge in [0, 0.05) is 25.2 Å². The second-order valence-corrected chi connectivity index (χ2v) is 6.97. The molecule has 2 aliphatic heterocycles. The van der Waals surface area contributed by atoms with E-state index in [-0.39, 0.29) is 30.9 Å². The van der Waals surface area contributed by atoms with Crippen molar-refractivity contribution < 1.29 is 14.1 Å². The fraction of sp³-hybridized carbons (Fsp3) is 0.526. The van der Waals surface area contributed by atoms with E-state index in [2.05, 4.69) is 37.8 Å². The van der Waals surface area contributed by atoms with Gasteiger partial charge in [-0.25, -0.2) is 0 Å². The third-order valence-electron chi connectivity index (χ3n) is 4.95. The number of halogens is 1. The molecule has 1 atom stereocenters. The minimum atomic E-state index is -0.107. The fourth-order valence-corrected chi connectivity index (χ4v) is 3.46. The molecule has 28 heavy (non-hydrogen) atoms. The molecular weight excluding hydrogens is 382 g/mol. The van der Waals surface area contributed by atoms with Gasteiger partial charge in [0.25, 0.3) is 0 Å². The molecule has 2 aromatic rings. The number of hydrogen-bond acceptors (Lipinski definition) is 7. The maximum absolute atomic E-state index is 12.1. The van der Waals surface area contributed by atoms with E-state index in [1.54, 1.807) is 0 Å². The topological polar surface area (TPSA) is 92.5 Å². The van der Waals surface area contributed by atoms with Crippen molar-refractivity contribution in [3.05, 3.63) is 35.7 Å². The molecule has 9 heteroatoms. The molecule has 4 rings (SSSR count). The van der Waals surface area contributed by atoms with Gasteiger partial charge in [0.2, 0.25) is 17.6 Å². The molecule has 152 valence electrons. The van der Waals surface area contributed by atoms with Crippen molar-refractivity contribution in [1.82, 2.24) is 25.7 Å². The van der Waals surface area contributed by atoms with Crippen molar-refractivity contribution in [2.45, 2.75) is 32.0 Å². The minimum Gasteiger partial charge on any atom is -0.379 e. The quantitative estimate of drug-likeness (QED) is 0.746. The molecule has 0 radical (unpaired) electrons. The number of rotatable bonds is 6. The first-order valence-electron chi connectivity index (χ1n) is 9.51. The summed E-state index contributed by atoms with van der Waals surface area (Å²) in [5.41, 5.74) is 2.13. The molecule has 1 aromatic carbocycles. The summed E-state index contributed by atoms with van der Waals surface area (Å²) in [5.74, 6) is 0.941. The summed E-state index contributed by atoms with van der Waals surface area (Å²) in [5, 5.41) is 10.1. The molecule has 2 aliphatic rings. The zero-order valence-corrected chi connectivity index (χ0v) is 16.5. The molecule has 2 N–H and O–H groups in total. The summed E-state index contributed by atoms with van der Waals surface area (Å²) in [6.07, 6.45) is 1.90. The Labute approximate surface area is 170 Å². The van der Waals surface area contributed by atoms with Gasteiger partial charge in [-0.1, -0.05) is 23.4 Å². The lowest BCUT2D eigenvalue weighted by atomic mass is 10.1. The number of amides is 1. The van der Waals surface area contributed by atoms with E-state index in [1.807, 2.05) is 12.1 Å². The van der Waals surface area contributed by atoms with Crippen LogP contribution in [-0.4, -0.2) is 59.8 Å². The summed E-state index contributed by atoms with van der Waals surface area (Å²) in [7, 11) is 0. The molecule has 0 bridgehead atoms. The number of nitrogens with zero attached hydrogens (tertiary/aromatic N) is 3. The monoisotopic (exact) mass is 407 g/mol. The van der Waals surface area contributed by atoms with Gasteiger partial charge in [-0.2, -0.15) is 4.98 Å². The molecular formula is C19H26ClN5O3. The lowest BCUT2D eigenvalue weighted by Crippen LogP contribution is -2.40. The Hall–Kier alpha value is -2.00. The van der Waals surface area contributed by atoms with Crippen LogP contribution in [-0.2, 0) is 22.6 Å². The summed E-state index contributed by atoms with van der Waals surface area (Å²) >= 11 is 0. The Kier molecular flexibility index (Phi) is 7.38. The van der Waals surface area contributed by atoms with Gasteiger partial charge in [-0.3, -0.25) is 9.69 Å². The number of aromatic nitrogens is 2. The summed E-state index contributed by atoms with van der Waals surface area (Å²) < 4.78 is 10.7. The van der Waals surface area contributed by atoms with Gasteiger partial charge < -0.3 is 19.9 Å². The number of carbonyl (C=O) groups is 1. The zero-order chi connectivity index (χ0) is 18.5. The van der Waals surface area contributed by atoms with Gasteiger partial charge in [0.05, 0.1) is 25.8 Å². The van der Waals surface area contributed by atoms with Crippen molar-refractivity contribution in [3.8, 4) is 11.4 Å². The zero-order valence-electron chi connectivity index (χ0n) is 15.7. The van der Waals surface area contributed by atoms with E-state index < -0.39 is 0 Å². The third kappa shape index (κ3) is 5.29. The van der Waals surface area contributed by atoms with Crippen LogP contribution >= 0.6 is 12.4 Å². The molecule has 2 fully saturated rings. The number of morpholine rings is 1. The standard InChI is InChI=1S/C19H25N5O3.ClH/c25-19(16-5-2-6-20-16)21-12-17-22-18(23-27-17)15-4-1-3-14(11-15)13-24-7-9-26-10-8-24;/h1,3-4,11,16,20H,2,5-10,12-13H2,(H,21,25);1H. The van der Waals surface area contributed by atoms with Crippen LogP contribution < -0.4 is 10.6 Å². The van der Waals surface area contributed by atoms with Crippen molar-refractivity contribution in [3.63, 3.8) is 0 Å². The molecule has 1 unspecified atom stereocenters. The maximum Gasteiger partial charge on any atom is 0.246 e. The number of hydrogen-bond donors (Lipinski definition) is 2. The fourth-order valence-electron chi connectivity index (χ4n) is 3.46. The summed E-state index contributed by atoms with van der Waals surface area (Å²) in [6.45, 7) is 5.50. The molecule has 0 aliphatic carbocycles. The van der Waals surface area contributed by atoms with E-state index in [4.69, 9.17) is 9.26 Å². The summed E-state index contributed by atoms with van der Waals surface area (Å²) in [4.78, 5) is 18.8. The van der Waals surface area contributed by atoms with E-state index in [9.17, 15) is 4.79 Å². The Morgan fingerprint density at radius 1 is 1.32 bits per heavy atom. The highest BCUT2D eigenvalue weighted by Crippen LogP contribution is 2.19. The molecule has 3 heterocycles. The van der Waals surface area contributed by atoms with E-state index in [0.717, 1.165) is 57.8 Å². The first-order chi connectivity index (χ1) is 13.3. The second-order valence-electron chi connectivity index (χ2n) is 6.97.